The standard InChI is InChI=1S/C17H26N2O4S/c1-12(2)18-17(20)14-8-9-15(23-4)16(11-14)24(21,22)19-10-6-5-7-13(19)3/h8-9,11-13H,5-7,10H2,1-4H3,(H,18,20)/t13-/m0/s1. The van der Waals surface area contributed by atoms with Crippen molar-refractivity contribution in [2.75, 3.05) is 13.7 Å². The van der Waals surface area contributed by atoms with E-state index in [0.29, 0.717) is 12.1 Å². The van der Waals surface area contributed by atoms with Gasteiger partial charge in [-0.1, -0.05) is 6.42 Å². The second kappa shape index (κ2) is 7.53. The fraction of sp³-hybridized carbons (Fsp3) is 0.588. The second-order valence-electron chi connectivity index (χ2n) is 6.45. The molecule has 6 nitrogen and oxygen atoms in total. The number of hydrogen-bond acceptors (Lipinski definition) is 4. The molecule has 7 heteroatoms. The van der Waals surface area contributed by atoms with Crippen molar-refractivity contribution in [1.82, 2.24) is 9.62 Å². The monoisotopic (exact) mass is 354 g/mol. The molecule has 0 aromatic heterocycles. The van der Waals surface area contributed by atoms with Gasteiger partial charge in [-0.2, -0.15) is 4.31 Å². The summed E-state index contributed by atoms with van der Waals surface area (Å²) in [6.07, 6.45) is 2.72. The summed E-state index contributed by atoms with van der Waals surface area (Å²) in [6, 6.07) is 4.45. The van der Waals surface area contributed by atoms with Gasteiger partial charge in [-0.3, -0.25) is 4.79 Å². The van der Waals surface area contributed by atoms with Gasteiger partial charge < -0.3 is 10.1 Å². The lowest BCUT2D eigenvalue weighted by molar-refractivity contribution is 0.0943. The Hall–Kier alpha value is -1.60. The van der Waals surface area contributed by atoms with Gasteiger partial charge in [0.2, 0.25) is 10.0 Å². The number of sulfonamides is 1. The summed E-state index contributed by atoms with van der Waals surface area (Å²) < 4.78 is 32.9. The van der Waals surface area contributed by atoms with Gasteiger partial charge in [0.15, 0.2) is 0 Å². The van der Waals surface area contributed by atoms with Crippen molar-refractivity contribution in [3.63, 3.8) is 0 Å². The van der Waals surface area contributed by atoms with Crippen molar-refractivity contribution in [3.05, 3.63) is 23.8 Å². The van der Waals surface area contributed by atoms with Crippen LogP contribution in [0.25, 0.3) is 0 Å². The maximum Gasteiger partial charge on any atom is 0.251 e. The third-order valence-corrected chi connectivity index (χ3v) is 6.21. The number of amides is 1. The molecule has 0 spiro atoms. The van der Waals surface area contributed by atoms with Gasteiger partial charge in [0.05, 0.1) is 7.11 Å². The zero-order valence-corrected chi connectivity index (χ0v) is 15.5. The minimum atomic E-state index is -3.71. The number of benzene rings is 1. The Morgan fingerprint density at radius 1 is 1.33 bits per heavy atom. The Balaban J connectivity index is 2.44. The third kappa shape index (κ3) is 3.89. The highest BCUT2D eigenvalue weighted by Gasteiger charge is 2.33. The molecule has 0 aliphatic carbocycles. The highest BCUT2D eigenvalue weighted by molar-refractivity contribution is 7.89. The van der Waals surface area contributed by atoms with Gasteiger partial charge in [0.25, 0.3) is 5.91 Å². The molecule has 1 atom stereocenters. The van der Waals surface area contributed by atoms with Crippen molar-refractivity contribution in [3.8, 4) is 5.75 Å². The summed E-state index contributed by atoms with van der Waals surface area (Å²) >= 11 is 0. The average molecular weight is 354 g/mol. The summed E-state index contributed by atoms with van der Waals surface area (Å²) in [4.78, 5) is 12.3. The molecule has 1 aliphatic heterocycles. The quantitative estimate of drug-likeness (QED) is 0.881. The van der Waals surface area contributed by atoms with Crippen LogP contribution in [0.4, 0.5) is 0 Å². The molecule has 1 heterocycles. The lowest BCUT2D eigenvalue weighted by Gasteiger charge is -2.32. The van der Waals surface area contributed by atoms with Crippen LogP contribution < -0.4 is 10.1 Å². The van der Waals surface area contributed by atoms with Crippen LogP contribution in [-0.4, -0.2) is 44.4 Å². The van der Waals surface area contributed by atoms with Crippen molar-refractivity contribution in [1.29, 1.82) is 0 Å². The van der Waals surface area contributed by atoms with Gasteiger partial charge in [0, 0.05) is 24.2 Å². The van der Waals surface area contributed by atoms with Crippen LogP contribution in [0.1, 0.15) is 50.4 Å². The van der Waals surface area contributed by atoms with Crippen molar-refractivity contribution < 1.29 is 17.9 Å². The van der Waals surface area contributed by atoms with Crippen LogP contribution in [0.2, 0.25) is 0 Å². The predicted molar refractivity (Wildman–Crippen MR) is 92.8 cm³/mol. The number of piperidine rings is 1. The van der Waals surface area contributed by atoms with E-state index in [1.807, 2.05) is 20.8 Å². The van der Waals surface area contributed by atoms with Crippen molar-refractivity contribution in [2.24, 2.45) is 0 Å². The Labute approximate surface area is 144 Å². The molecule has 0 unspecified atom stereocenters. The predicted octanol–water partition coefficient (Wildman–Crippen LogP) is 2.40. The number of hydrogen-bond donors (Lipinski definition) is 1. The SMILES string of the molecule is COc1ccc(C(=O)NC(C)C)cc1S(=O)(=O)N1CCCC[C@@H]1C. The smallest absolute Gasteiger partial charge is 0.251 e. The van der Waals surface area contributed by atoms with E-state index in [2.05, 4.69) is 5.32 Å². The molecule has 2 rings (SSSR count). The molecule has 1 fully saturated rings. The third-order valence-electron chi connectivity index (χ3n) is 4.17. The van der Waals surface area contributed by atoms with Gasteiger partial charge in [0.1, 0.15) is 10.6 Å². The molecular formula is C17H26N2O4S. The summed E-state index contributed by atoms with van der Waals surface area (Å²) in [5.74, 6) is -0.0373. The Bertz CT molecular complexity index is 701. The van der Waals surface area contributed by atoms with E-state index in [0.717, 1.165) is 19.3 Å². The Kier molecular flexibility index (Phi) is 5.87. The molecule has 24 heavy (non-hydrogen) atoms. The summed E-state index contributed by atoms with van der Waals surface area (Å²) in [7, 11) is -2.28. The topological polar surface area (TPSA) is 75.7 Å². The number of rotatable bonds is 5. The molecule has 1 aromatic carbocycles. The van der Waals surface area contributed by atoms with Crippen LogP contribution in [0.15, 0.2) is 23.1 Å². The number of nitrogens with one attached hydrogen (secondary N) is 1. The minimum absolute atomic E-state index is 0.0261. The van der Waals surface area contributed by atoms with Crippen molar-refractivity contribution >= 4 is 15.9 Å². The van der Waals surface area contributed by atoms with Gasteiger partial charge in [-0.15, -0.1) is 0 Å². The molecular weight excluding hydrogens is 328 g/mol. The van der Waals surface area contributed by atoms with Gasteiger partial charge >= 0.3 is 0 Å². The molecule has 0 radical (unpaired) electrons. The highest BCUT2D eigenvalue weighted by atomic mass is 32.2. The minimum Gasteiger partial charge on any atom is -0.495 e. The molecule has 134 valence electrons. The molecule has 0 saturated carbocycles. The lowest BCUT2D eigenvalue weighted by Crippen LogP contribution is -2.42. The Morgan fingerprint density at radius 2 is 2.04 bits per heavy atom. The Morgan fingerprint density at radius 3 is 2.62 bits per heavy atom. The summed E-state index contributed by atoms with van der Waals surface area (Å²) in [5, 5.41) is 2.78. The van der Waals surface area contributed by atoms with E-state index in [1.165, 1.54) is 23.5 Å². The first-order chi connectivity index (χ1) is 11.3. The largest absolute Gasteiger partial charge is 0.495 e. The number of ether oxygens (including phenoxy) is 1. The van der Waals surface area contributed by atoms with E-state index >= 15 is 0 Å². The lowest BCUT2D eigenvalue weighted by atomic mass is 10.1. The highest BCUT2D eigenvalue weighted by Crippen LogP contribution is 2.31. The van der Waals surface area contributed by atoms with Crippen LogP contribution in [0.3, 0.4) is 0 Å². The number of carbonyl (C=O) groups is 1. The van der Waals surface area contributed by atoms with Crippen LogP contribution in [0, 0.1) is 0 Å². The summed E-state index contributed by atoms with van der Waals surface area (Å²) in [6.45, 7) is 6.12. The first kappa shape index (κ1) is 18.7. The van der Waals surface area contributed by atoms with E-state index < -0.39 is 10.0 Å². The molecule has 0 bridgehead atoms. The van der Waals surface area contributed by atoms with E-state index in [-0.39, 0.29) is 28.6 Å². The molecule has 1 saturated heterocycles. The molecule has 1 N–H and O–H groups in total. The van der Waals surface area contributed by atoms with Gasteiger partial charge in [-0.05, 0) is 51.8 Å². The zero-order chi connectivity index (χ0) is 17.9. The molecule has 1 aromatic rings. The van der Waals surface area contributed by atoms with E-state index in [4.69, 9.17) is 4.74 Å². The average Bonchev–Trinajstić information content (AvgIpc) is 2.53. The zero-order valence-electron chi connectivity index (χ0n) is 14.7. The molecule has 1 amide bonds. The number of methoxy groups -OCH3 is 1. The van der Waals surface area contributed by atoms with E-state index in [1.54, 1.807) is 6.07 Å². The fourth-order valence-corrected chi connectivity index (χ4v) is 4.80. The summed E-state index contributed by atoms with van der Waals surface area (Å²) in [5.41, 5.74) is 0.313. The molecule has 1 aliphatic rings. The van der Waals surface area contributed by atoms with Crippen LogP contribution in [-0.2, 0) is 10.0 Å². The maximum atomic E-state index is 13.1. The number of nitrogens with zero attached hydrogens (tertiary/aromatic N) is 1. The normalized spacial score (nSPS) is 19.3. The van der Waals surface area contributed by atoms with Gasteiger partial charge in [-0.25, -0.2) is 8.42 Å². The van der Waals surface area contributed by atoms with Crippen molar-refractivity contribution in [2.45, 2.75) is 57.0 Å². The fourth-order valence-electron chi connectivity index (χ4n) is 2.92. The van der Waals surface area contributed by atoms with E-state index in [9.17, 15) is 13.2 Å². The first-order valence-electron chi connectivity index (χ1n) is 8.28. The van der Waals surface area contributed by atoms with Crippen LogP contribution >= 0.6 is 0 Å². The first-order valence-corrected chi connectivity index (χ1v) is 9.72. The van der Waals surface area contributed by atoms with Crippen LogP contribution in [0.5, 0.6) is 5.75 Å². The maximum absolute atomic E-state index is 13.1. The second-order valence-corrected chi connectivity index (χ2v) is 8.31. The number of carbonyl (C=O) groups excluding carboxylic acids is 1.